The predicted octanol–water partition coefficient (Wildman–Crippen LogP) is 2.03. The van der Waals surface area contributed by atoms with Gasteiger partial charge in [-0.15, -0.1) is 0 Å². The third kappa shape index (κ3) is 5.31. The molecule has 1 fully saturated rings. The summed E-state index contributed by atoms with van der Waals surface area (Å²) in [5.74, 6) is -2.02. The number of Topliss-reactive ketones (excluding diaryl/α,β-unsaturated/α-hetero) is 1. The second-order valence-electron chi connectivity index (χ2n) is 7.74. The zero-order valence-corrected chi connectivity index (χ0v) is 19.6. The molecule has 0 bridgehead atoms. The lowest BCUT2D eigenvalue weighted by Gasteiger charge is -2.29. The number of esters is 2. The van der Waals surface area contributed by atoms with Gasteiger partial charge < -0.3 is 14.5 Å². The Bertz CT molecular complexity index is 1130. The minimum absolute atomic E-state index is 0.107. The maximum atomic E-state index is 12.7. The van der Waals surface area contributed by atoms with Gasteiger partial charge in [0.05, 0.1) is 12.5 Å². The summed E-state index contributed by atoms with van der Waals surface area (Å²) < 4.78 is 36.9. The molecule has 11 heteroatoms. The van der Waals surface area contributed by atoms with E-state index in [0.717, 1.165) is 0 Å². The van der Waals surface area contributed by atoms with Crippen LogP contribution >= 0.6 is 0 Å². The fraction of sp³-hybridized carbons (Fsp3) is 0.455. The van der Waals surface area contributed by atoms with Crippen molar-refractivity contribution >= 4 is 27.7 Å². The molecule has 0 amide bonds. The van der Waals surface area contributed by atoms with Gasteiger partial charge in [-0.1, -0.05) is 0 Å². The van der Waals surface area contributed by atoms with Crippen molar-refractivity contribution in [2.75, 3.05) is 26.3 Å². The number of H-pyrrole nitrogens is 1. The highest BCUT2D eigenvalue weighted by Crippen LogP contribution is 2.25. The maximum Gasteiger partial charge on any atom is 0.355 e. The quantitative estimate of drug-likeness (QED) is 0.451. The summed E-state index contributed by atoms with van der Waals surface area (Å²) in [5.41, 5.74) is 1.43. The number of aromatic nitrogens is 2. The molecule has 178 valence electrons. The molecule has 10 nitrogen and oxygen atoms in total. The third-order valence-electron chi connectivity index (χ3n) is 5.60. The standard InChI is InChI=1S/C22H27N3O7S/c1-4-31-22(28)20-14(2)19(15(3)24-20)18(26)13-32-21(27)16-7-10-25(11-8-16)33(29,30)17-6-5-9-23-12-17/h5-6,9,12,16,24H,4,7-8,10-11,13H2,1-3H3. The molecule has 3 heterocycles. The van der Waals surface area contributed by atoms with Crippen molar-refractivity contribution in [3.05, 3.63) is 47.0 Å². The molecule has 0 atom stereocenters. The predicted molar refractivity (Wildman–Crippen MR) is 117 cm³/mol. The summed E-state index contributed by atoms with van der Waals surface area (Å²) in [6.07, 6.45) is 3.37. The zero-order chi connectivity index (χ0) is 24.2. The van der Waals surface area contributed by atoms with Gasteiger partial charge in [-0.25, -0.2) is 13.2 Å². The Balaban J connectivity index is 1.56. The molecule has 2 aromatic heterocycles. The Hall–Kier alpha value is -3.05. The Morgan fingerprint density at radius 2 is 1.88 bits per heavy atom. The molecule has 0 unspecified atom stereocenters. The van der Waals surface area contributed by atoms with Crippen molar-refractivity contribution in [3.8, 4) is 0 Å². The van der Waals surface area contributed by atoms with E-state index in [1.165, 1.54) is 22.8 Å². The van der Waals surface area contributed by atoms with Crippen LogP contribution in [0.2, 0.25) is 0 Å². The number of aromatic amines is 1. The minimum Gasteiger partial charge on any atom is -0.461 e. The van der Waals surface area contributed by atoms with Gasteiger partial charge in [0.15, 0.2) is 6.61 Å². The van der Waals surface area contributed by atoms with E-state index in [1.54, 1.807) is 26.8 Å². The molecule has 1 aliphatic rings. The van der Waals surface area contributed by atoms with Crippen LogP contribution in [0.4, 0.5) is 0 Å². The lowest BCUT2D eigenvalue weighted by molar-refractivity contribution is -0.148. The number of sulfonamides is 1. The molecule has 1 saturated heterocycles. The Kier molecular flexibility index (Phi) is 7.65. The summed E-state index contributed by atoms with van der Waals surface area (Å²) in [7, 11) is -3.67. The van der Waals surface area contributed by atoms with Crippen molar-refractivity contribution in [1.82, 2.24) is 14.3 Å². The number of piperidine rings is 1. The van der Waals surface area contributed by atoms with Crippen molar-refractivity contribution in [3.63, 3.8) is 0 Å². The molecule has 1 aliphatic heterocycles. The highest BCUT2D eigenvalue weighted by molar-refractivity contribution is 7.89. The summed E-state index contributed by atoms with van der Waals surface area (Å²) in [4.78, 5) is 44.0. The molecular weight excluding hydrogens is 450 g/mol. The number of carbonyl (C=O) groups is 3. The summed E-state index contributed by atoms with van der Waals surface area (Å²) in [6, 6.07) is 3.03. The van der Waals surface area contributed by atoms with Gasteiger partial charge >= 0.3 is 11.9 Å². The average molecular weight is 478 g/mol. The summed E-state index contributed by atoms with van der Waals surface area (Å²) in [5, 5.41) is 0. The lowest BCUT2D eigenvalue weighted by atomic mass is 9.98. The number of rotatable bonds is 8. The molecule has 0 spiro atoms. The first kappa shape index (κ1) is 24.6. The van der Waals surface area contributed by atoms with Crippen LogP contribution < -0.4 is 0 Å². The number of pyridine rings is 1. The van der Waals surface area contributed by atoms with Crippen LogP contribution in [0.25, 0.3) is 0 Å². The first-order chi connectivity index (χ1) is 15.7. The number of hydrogen-bond acceptors (Lipinski definition) is 8. The summed E-state index contributed by atoms with van der Waals surface area (Å²) >= 11 is 0. The van der Waals surface area contributed by atoms with E-state index >= 15 is 0 Å². The highest BCUT2D eigenvalue weighted by Gasteiger charge is 2.33. The molecule has 0 radical (unpaired) electrons. The van der Waals surface area contributed by atoms with E-state index in [4.69, 9.17) is 9.47 Å². The van der Waals surface area contributed by atoms with Crippen molar-refractivity contribution in [1.29, 1.82) is 0 Å². The smallest absolute Gasteiger partial charge is 0.355 e. The number of ether oxygens (including phenoxy) is 2. The van der Waals surface area contributed by atoms with Gasteiger partial charge in [0.2, 0.25) is 15.8 Å². The molecule has 0 aliphatic carbocycles. The average Bonchev–Trinajstić information content (AvgIpc) is 3.12. The molecule has 1 N–H and O–H groups in total. The highest BCUT2D eigenvalue weighted by atomic mass is 32.2. The largest absolute Gasteiger partial charge is 0.461 e. The normalized spacial score (nSPS) is 15.2. The monoisotopic (exact) mass is 477 g/mol. The van der Waals surface area contributed by atoms with Gasteiger partial charge in [0.25, 0.3) is 0 Å². The molecule has 3 rings (SSSR count). The SMILES string of the molecule is CCOC(=O)c1[nH]c(C)c(C(=O)COC(=O)C2CCN(S(=O)(=O)c3cccnc3)CC2)c1C. The van der Waals surface area contributed by atoms with Gasteiger partial charge in [-0.05, 0) is 51.3 Å². The van der Waals surface area contributed by atoms with Gasteiger partial charge in [-0.2, -0.15) is 4.31 Å². The van der Waals surface area contributed by atoms with E-state index in [1.807, 2.05) is 0 Å². The van der Waals surface area contributed by atoms with E-state index < -0.39 is 40.3 Å². The lowest BCUT2D eigenvalue weighted by Crippen LogP contribution is -2.40. The van der Waals surface area contributed by atoms with Crippen LogP contribution in [0.1, 0.15) is 51.9 Å². The van der Waals surface area contributed by atoms with Crippen molar-refractivity contribution in [2.24, 2.45) is 5.92 Å². The fourth-order valence-electron chi connectivity index (χ4n) is 3.88. The number of ketones is 1. The van der Waals surface area contributed by atoms with Crippen LogP contribution in [-0.2, 0) is 24.3 Å². The Labute approximate surface area is 192 Å². The van der Waals surface area contributed by atoms with Crippen molar-refractivity contribution in [2.45, 2.75) is 38.5 Å². The molecule has 33 heavy (non-hydrogen) atoms. The molecule has 0 saturated carbocycles. The number of nitrogens with zero attached hydrogens (tertiary/aromatic N) is 2. The van der Waals surface area contributed by atoms with Gasteiger partial charge in [0.1, 0.15) is 10.6 Å². The van der Waals surface area contributed by atoms with E-state index in [2.05, 4.69) is 9.97 Å². The third-order valence-corrected chi connectivity index (χ3v) is 7.48. The second-order valence-corrected chi connectivity index (χ2v) is 9.68. The van der Waals surface area contributed by atoms with E-state index in [-0.39, 0.29) is 30.3 Å². The number of nitrogens with one attached hydrogen (secondary N) is 1. The van der Waals surface area contributed by atoms with Crippen LogP contribution in [0.15, 0.2) is 29.4 Å². The van der Waals surface area contributed by atoms with Crippen LogP contribution in [-0.4, -0.2) is 66.7 Å². The summed E-state index contributed by atoms with van der Waals surface area (Å²) in [6.45, 7) is 5.06. The van der Waals surface area contributed by atoms with E-state index in [0.29, 0.717) is 29.7 Å². The first-order valence-electron chi connectivity index (χ1n) is 10.6. The molecule has 2 aromatic rings. The number of carbonyl (C=O) groups excluding carboxylic acids is 3. The van der Waals surface area contributed by atoms with Crippen LogP contribution in [0, 0.1) is 19.8 Å². The Morgan fingerprint density at radius 1 is 1.18 bits per heavy atom. The topological polar surface area (TPSA) is 136 Å². The van der Waals surface area contributed by atoms with Gasteiger partial charge in [0, 0.05) is 36.7 Å². The van der Waals surface area contributed by atoms with Crippen LogP contribution in [0.3, 0.4) is 0 Å². The maximum absolute atomic E-state index is 12.7. The Morgan fingerprint density at radius 3 is 2.48 bits per heavy atom. The molecular formula is C22H27N3O7S. The fourth-order valence-corrected chi connectivity index (χ4v) is 5.32. The second kappa shape index (κ2) is 10.3. The van der Waals surface area contributed by atoms with Gasteiger partial charge in [-0.3, -0.25) is 14.6 Å². The molecule has 0 aromatic carbocycles. The van der Waals surface area contributed by atoms with Crippen LogP contribution in [0.5, 0.6) is 0 Å². The van der Waals surface area contributed by atoms with E-state index in [9.17, 15) is 22.8 Å². The van der Waals surface area contributed by atoms with Crippen molar-refractivity contribution < 1.29 is 32.3 Å². The number of aryl methyl sites for hydroxylation is 1. The number of hydrogen-bond donors (Lipinski definition) is 1. The first-order valence-corrected chi connectivity index (χ1v) is 12.1. The minimum atomic E-state index is -3.67. The zero-order valence-electron chi connectivity index (χ0n) is 18.8.